The van der Waals surface area contributed by atoms with Crippen molar-refractivity contribution in [3.63, 3.8) is 0 Å². The standard InChI is InChI=1S/C18H23F3N2O2S/c19-18(20,21)16-9-14(5-7-22-16)13-1-3-15(4-2-13)23-8-6-17(10-23)11-26(24,25)12-17/h5,7,9,13,15H,1-4,6,8,10-12H2. The van der Waals surface area contributed by atoms with Gasteiger partial charge >= 0.3 is 6.18 Å². The van der Waals surface area contributed by atoms with Gasteiger partial charge in [-0.05, 0) is 62.3 Å². The van der Waals surface area contributed by atoms with Crippen LogP contribution in [-0.2, 0) is 16.0 Å². The van der Waals surface area contributed by atoms with Crippen molar-refractivity contribution in [3.05, 3.63) is 29.6 Å². The molecule has 1 aromatic rings. The van der Waals surface area contributed by atoms with E-state index in [1.807, 2.05) is 0 Å². The van der Waals surface area contributed by atoms with Crippen LogP contribution in [0.2, 0.25) is 0 Å². The summed E-state index contributed by atoms with van der Waals surface area (Å²) in [5.74, 6) is 0.794. The van der Waals surface area contributed by atoms with Crippen molar-refractivity contribution in [2.24, 2.45) is 5.41 Å². The van der Waals surface area contributed by atoms with Crippen LogP contribution in [0.15, 0.2) is 18.3 Å². The molecule has 3 heterocycles. The minimum absolute atomic E-state index is 0.0254. The van der Waals surface area contributed by atoms with Gasteiger partial charge in [-0.15, -0.1) is 0 Å². The molecule has 1 aliphatic carbocycles. The Morgan fingerprint density at radius 1 is 1.15 bits per heavy atom. The minimum Gasteiger partial charge on any atom is -0.300 e. The zero-order chi connectivity index (χ0) is 18.6. The number of hydrogen-bond acceptors (Lipinski definition) is 4. The van der Waals surface area contributed by atoms with Crippen LogP contribution < -0.4 is 0 Å². The van der Waals surface area contributed by atoms with Crippen molar-refractivity contribution in [1.82, 2.24) is 9.88 Å². The molecule has 0 bridgehead atoms. The van der Waals surface area contributed by atoms with Gasteiger partial charge in [-0.1, -0.05) is 0 Å². The molecule has 8 heteroatoms. The first-order chi connectivity index (χ1) is 12.2. The molecule has 1 aromatic heterocycles. The molecule has 0 unspecified atom stereocenters. The number of halogens is 3. The molecule has 0 amide bonds. The van der Waals surface area contributed by atoms with Crippen LogP contribution in [0.1, 0.15) is 49.3 Å². The van der Waals surface area contributed by atoms with E-state index in [0.717, 1.165) is 50.8 Å². The zero-order valence-electron chi connectivity index (χ0n) is 14.5. The normalized spacial score (nSPS) is 31.0. The Kier molecular flexibility index (Phi) is 4.34. The predicted molar refractivity (Wildman–Crippen MR) is 91.5 cm³/mol. The average Bonchev–Trinajstić information content (AvgIpc) is 2.98. The van der Waals surface area contributed by atoms with E-state index >= 15 is 0 Å². The van der Waals surface area contributed by atoms with Crippen molar-refractivity contribution in [1.29, 1.82) is 0 Å². The number of hydrogen-bond donors (Lipinski definition) is 0. The summed E-state index contributed by atoms with van der Waals surface area (Å²) in [5, 5.41) is 0. The number of alkyl halides is 3. The lowest BCUT2D eigenvalue weighted by atomic mass is 9.81. The lowest BCUT2D eigenvalue weighted by Crippen LogP contribution is -2.51. The van der Waals surface area contributed by atoms with Crippen LogP contribution in [0.25, 0.3) is 0 Å². The highest BCUT2D eigenvalue weighted by molar-refractivity contribution is 7.92. The van der Waals surface area contributed by atoms with E-state index in [1.165, 1.54) is 12.3 Å². The molecule has 3 aliphatic rings. The molecular formula is C18H23F3N2O2S. The first-order valence-corrected chi connectivity index (χ1v) is 11.0. The Morgan fingerprint density at radius 3 is 2.46 bits per heavy atom. The first kappa shape index (κ1) is 18.2. The fourth-order valence-corrected chi connectivity index (χ4v) is 7.29. The van der Waals surface area contributed by atoms with E-state index < -0.39 is 21.7 Å². The highest BCUT2D eigenvalue weighted by Gasteiger charge is 2.52. The monoisotopic (exact) mass is 388 g/mol. The van der Waals surface area contributed by atoms with Gasteiger partial charge in [-0.25, -0.2) is 8.42 Å². The Balaban J connectivity index is 1.35. The topological polar surface area (TPSA) is 50.3 Å². The SMILES string of the molecule is O=S1(=O)CC2(CCN(C3CCC(c4ccnc(C(F)(F)F)c4)CC3)C2)C1. The van der Waals surface area contributed by atoms with Gasteiger partial charge in [0.1, 0.15) is 5.69 Å². The lowest BCUT2D eigenvalue weighted by Gasteiger charge is -2.40. The van der Waals surface area contributed by atoms with Crippen LogP contribution in [0.3, 0.4) is 0 Å². The van der Waals surface area contributed by atoms with Gasteiger partial charge in [-0.3, -0.25) is 9.88 Å². The molecule has 4 nitrogen and oxygen atoms in total. The third-order valence-electron chi connectivity index (χ3n) is 6.28. The summed E-state index contributed by atoms with van der Waals surface area (Å²) in [4.78, 5) is 5.86. The summed E-state index contributed by atoms with van der Waals surface area (Å²) in [7, 11) is -2.81. The van der Waals surface area contributed by atoms with Gasteiger partial charge in [0.05, 0.1) is 11.5 Å². The van der Waals surface area contributed by atoms with E-state index in [4.69, 9.17) is 0 Å². The van der Waals surface area contributed by atoms with Crippen molar-refractivity contribution < 1.29 is 21.6 Å². The van der Waals surface area contributed by atoms with Crippen LogP contribution in [0.4, 0.5) is 13.2 Å². The third-order valence-corrected chi connectivity index (χ3v) is 8.38. The van der Waals surface area contributed by atoms with Crippen LogP contribution >= 0.6 is 0 Å². The molecule has 0 atom stereocenters. The van der Waals surface area contributed by atoms with Crippen molar-refractivity contribution in [3.8, 4) is 0 Å². The Labute approximate surface area is 151 Å². The maximum Gasteiger partial charge on any atom is 0.433 e. The first-order valence-electron chi connectivity index (χ1n) is 9.14. The van der Waals surface area contributed by atoms with Crippen LogP contribution in [0, 0.1) is 5.41 Å². The molecule has 1 saturated carbocycles. The molecule has 0 aromatic carbocycles. The number of aromatic nitrogens is 1. The average molecular weight is 388 g/mol. The number of likely N-dealkylation sites (tertiary alicyclic amines) is 1. The number of rotatable bonds is 2. The summed E-state index contributed by atoms with van der Waals surface area (Å²) in [6.45, 7) is 1.80. The smallest absolute Gasteiger partial charge is 0.300 e. The largest absolute Gasteiger partial charge is 0.433 e. The number of sulfone groups is 1. The summed E-state index contributed by atoms with van der Waals surface area (Å²) >= 11 is 0. The number of nitrogens with zero attached hydrogens (tertiary/aromatic N) is 2. The van der Waals surface area contributed by atoms with Gasteiger partial charge in [0.2, 0.25) is 0 Å². The van der Waals surface area contributed by atoms with Crippen molar-refractivity contribution in [2.45, 2.75) is 50.2 Å². The third kappa shape index (κ3) is 3.50. The summed E-state index contributed by atoms with van der Waals surface area (Å²) in [6, 6.07) is 3.32. The van der Waals surface area contributed by atoms with E-state index in [1.54, 1.807) is 6.07 Å². The van der Waals surface area contributed by atoms with E-state index in [-0.39, 0.29) is 11.3 Å². The second kappa shape index (κ2) is 6.19. The predicted octanol–water partition coefficient (Wildman–Crippen LogP) is 3.25. The molecule has 3 fully saturated rings. The van der Waals surface area contributed by atoms with Gasteiger partial charge in [0.25, 0.3) is 0 Å². The molecule has 0 radical (unpaired) electrons. The van der Waals surface area contributed by atoms with E-state index in [2.05, 4.69) is 9.88 Å². The molecule has 2 saturated heterocycles. The molecule has 26 heavy (non-hydrogen) atoms. The molecule has 4 rings (SSSR count). The second-order valence-electron chi connectivity index (χ2n) is 8.23. The Bertz CT molecular complexity index is 774. The van der Waals surface area contributed by atoms with Gasteiger partial charge < -0.3 is 0 Å². The summed E-state index contributed by atoms with van der Waals surface area (Å²) in [5.41, 5.74) is -0.110. The van der Waals surface area contributed by atoms with Crippen LogP contribution in [0.5, 0.6) is 0 Å². The number of pyridine rings is 1. The summed E-state index contributed by atoms with van der Waals surface area (Å²) in [6.07, 6.45) is 1.45. The van der Waals surface area contributed by atoms with Gasteiger partial charge in [0.15, 0.2) is 9.84 Å². The van der Waals surface area contributed by atoms with Crippen molar-refractivity contribution >= 4 is 9.84 Å². The molecule has 144 valence electrons. The second-order valence-corrected chi connectivity index (χ2v) is 10.3. The Morgan fingerprint density at radius 2 is 1.85 bits per heavy atom. The van der Waals surface area contributed by atoms with Gasteiger partial charge in [-0.2, -0.15) is 13.2 Å². The maximum atomic E-state index is 12.9. The Hall–Kier alpha value is -1.15. The lowest BCUT2D eigenvalue weighted by molar-refractivity contribution is -0.141. The highest BCUT2D eigenvalue weighted by atomic mass is 32.2. The highest BCUT2D eigenvalue weighted by Crippen LogP contribution is 2.44. The maximum absolute atomic E-state index is 12.9. The van der Waals surface area contributed by atoms with E-state index in [9.17, 15) is 21.6 Å². The summed E-state index contributed by atoms with van der Waals surface area (Å²) < 4.78 is 61.6. The molecule has 2 aliphatic heterocycles. The van der Waals surface area contributed by atoms with E-state index in [0.29, 0.717) is 17.5 Å². The fraction of sp³-hybridized carbons (Fsp3) is 0.722. The minimum atomic E-state index is -4.40. The quantitative estimate of drug-likeness (QED) is 0.781. The van der Waals surface area contributed by atoms with Crippen LogP contribution in [-0.4, -0.2) is 48.9 Å². The molecular weight excluding hydrogens is 365 g/mol. The fourth-order valence-electron chi connectivity index (χ4n) is 5.04. The molecule has 0 N–H and O–H groups in total. The van der Waals surface area contributed by atoms with Gasteiger partial charge in [0, 0.05) is 24.2 Å². The zero-order valence-corrected chi connectivity index (χ0v) is 15.3. The molecule has 1 spiro atoms. The van der Waals surface area contributed by atoms with Crippen molar-refractivity contribution in [2.75, 3.05) is 24.6 Å².